The Hall–Kier alpha value is -5.01. The van der Waals surface area contributed by atoms with Crippen LogP contribution in [0.25, 0.3) is 0 Å². The number of amides is 2. The Morgan fingerprint density at radius 2 is 1.53 bits per heavy atom. The summed E-state index contributed by atoms with van der Waals surface area (Å²) >= 11 is 0. The number of benzene rings is 2. The van der Waals surface area contributed by atoms with E-state index in [-0.39, 0.29) is 29.6 Å². The first-order valence-corrected chi connectivity index (χ1v) is 15.2. The predicted molar refractivity (Wildman–Crippen MR) is 163 cm³/mol. The number of piperidine rings is 1. The maximum atomic E-state index is 14.0. The largest absolute Gasteiger partial charge is 0.437 e. The highest BCUT2D eigenvalue weighted by atomic mass is 19.4. The van der Waals surface area contributed by atoms with E-state index in [2.05, 4.69) is 15.3 Å². The molecule has 2 aromatic heterocycles. The number of oxazole rings is 1. The van der Waals surface area contributed by atoms with Crippen molar-refractivity contribution in [1.82, 2.24) is 14.9 Å². The van der Waals surface area contributed by atoms with Crippen molar-refractivity contribution >= 4 is 29.3 Å². The topological polar surface area (TPSA) is 94.8 Å². The molecule has 0 atom stereocenters. The van der Waals surface area contributed by atoms with Gasteiger partial charge in [-0.15, -0.1) is 0 Å². The van der Waals surface area contributed by atoms with Crippen molar-refractivity contribution in [1.29, 1.82) is 0 Å². The average molecular weight is 655 g/mol. The van der Waals surface area contributed by atoms with Crippen molar-refractivity contribution in [2.24, 2.45) is 0 Å². The number of halogens is 5. The molecule has 0 saturated carbocycles. The zero-order valence-corrected chi connectivity index (χ0v) is 25.1. The first kappa shape index (κ1) is 32.0. The molecule has 2 fully saturated rings. The van der Waals surface area contributed by atoms with Gasteiger partial charge in [0.2, 0.25) is 11.7 Å². The predicted octanol–water partition coefficient (Wildman–Crippen LogP) is 5.89. The number of hydrogen-bond donors (Lipinski definition) is 1. The summed E-state index contributed by atoms with van der Waals surface area (Å²) in [5.74, 6) is -3.19. The molecule has 0 bridgehead atoms. The van der Waals surface area contributed by atoms with Crippen molar-refractivity contribution in [3.63, 3.8) is 0 Å². The van der Waals surface area contributed by atoms with E-state index >= 15 is 0 Å². The summed E-state index contributed by atoms with van der Waals surface area (Å²) < 4.78 is 75.1. The van der Waals surface area contributed by atoms with E-state index in [1.165, 1.54) is 28.8 Å². The van der Waals surface area contributed by atoms with Gasteiger partial charge in [0.1, 0.15) is 17.5 Å². The Kier molecular flexibility index (Phi) is 9.10. The second-order valence-corrected chi connectivity index (χ2v) is 11.4. The third-order valence-corrected chi connectivity index (χ3v) is 8.48. The molecule has 0 radical (unpaired) electrons. The average Bonchev–Trinajstić information content (AvgIpc) is 3.54. The number of piperazine rings is 1. The number of carbonyl (C=O) groups excluding carboxylic acids is 2. The number of rotatable bonds is 7. The third-order valence-electron chi connectivity index (χ3n) is 8.48. The Morgan fingerprint density at radius 3 is 2.15 bits per heavy atom. The molecule has 4 aromatic rings. The lowest BCUT2D eigenvalue weighted by atomic mass is 9.90. The monoisotopic (exact) mass is 654 g/mol. The molecule has 1 N–H and O–H groups in total. The second kappa shape index (κ2) is 13.4. The molecular formula is C33H31F5N6O3. The number of anilines is 3. The molecular weight excluding hydrogens is 623 g/mol. The minimum absolute atomic E-state index is 0.147. The van der Waals surface area contributed by atoms with Crippen LogP contribution in [0.15, 0.2) is 71.3 Å². The molecule has 0 aliphatic carbocycles. The number of nitrogens with one attached hydrogen (secondary N) is 1. The lowest BCUT2D eigenvalue weighted by molar-refractivity contribution is -0.141. The van der Waals surface area contributed by atoms with Crippen LogP contribution in [0, 0.1) is 11.6 Å². The lowest BCUT2D eigenvalue weighted by Crippen LogP contribution is -2.49. The van der Waals surface area contributed by atoms with Crippen molar-refractivity contribution in [3.8, 4) is 0 Å². The number of alkyl halides is 3. The fourth-order valence-electron chi connectivity index (χ4n) is 5.90. The van der Waals surface area contributed by atoms with E-state index in [9.17, 15) is 31.5 Å². The van der Waals surface area contributed by atoms with Gasteiger partial charge in [-0.25, -0.2) is 13.8 Å². The third kappa shape index (κ3) is 7.21. The highest BCUT2D eigenvalue weighted by Crippen LogP contribution is 2.36. The zero-order valence-electron chi connectivity index (χ0n) is 25.1. The summed E-state index contributed by atoms with van der Waals surface area (Å²) in [4.78, 5) is 38.7. The summed E-state index contributed by atoms with van der Waals surface area (Å²) in [5, 5.41) is 2.41. The van der Waals surface area contributed by atoms with Crippen molar-refractivity contribution in [2.45, 2.75) is 31.4 Å². The van der Waals surface area contributed by atoms with E-state index in [0.717, 1.165) is 12.1 Å². The van der Waals surface area contributed by atoms with Gasteiger partial charge in [-0.1, -0.05) is 36.4 Å². The fraction of sp³-hybridized carbons (Fsp3) is 0.333. The summed E-state index contributed by atoms with van der Waals surface area (Å²) in [6.07, 6.45) is -2.59. The van der Waals surface area contributed by atoms with Crippen molar-refractivity contribution in [3.05, 3.63) is 101 Å². The van der Waals surface area contributed by atoms with Gasteiger partial charge in [0.05, 0.1) is 18.3 Å². The number of aromatic nitrogens is 2. The normalized spacial score (nSPS) is 16.0. The number of hydrogen-bond acceptors (Lipinski definition) is 7. The van der Waals surface area contributed by atoms with Gasteiger partial charge in [0, 0.05) is 44.8 Å². The van der Waals surface area contributed by atoms with E-state index in [0.29, 0.717) is 57.9 Å². The summed E-state index contributed by atoms with van der Waals surface area (Å²) in [5.41, 5.74) is -0.354. The molecule has 2 aromatic carbocycles. The fourth-order valence-corrected chi connectivity index (χ4v) is 5.90. The number of pyridine rings is 1. The van der Waals surface area contributed by atoms with Crippen LogP contribution in [-0.4, -0.2) is 66.0 Å². The van der Waals surface area contributed by atoms with Crippen LogP contribution < -0.4 is 15.1 Å². The summed E-state index contributed by atoms with van der Waals surface area (Å²) in [6.45, 7) is 2.23. The van der Waals surface area contributed by atoms with Gasteiger partial charge in [-0.2, -0.15) is 18.2 Å². The quantitative estimate of drug-likeness (QED) is 0.248. The Bertz CT molecular complexity index is 1690. The van der Waals surface area contributed by atoms with E-state index in [1.54, 1.807) is 11.0 Å². The van der Waals surface area contributed by atoms with Gasteiger partial charge in [-0.3, -0.25) is 9.59 Å². The Labute approximate surface area is 267 Å². The summed E-state index contributed by atoms with van der Waals surface area (Å²) in [6, 6.07) is 16.2. The smallest absolute Gasteiger partial charge is 0.417 e. The minimum Gasteiger partial charge on any atom is -0.417 e. The standard InChI is InChI=1S/C33H31F5N6O3/c34-25-7-4-8-26(35)24(25)19-28(45)43-17-15-42(16-18-43)27-10-9-23(20-39-27)40-31(46)29-30(33(36,37)38)41-32(47-29)44-13-11-22(12-14-44)21-5-2-1-3-6-21/h1-10,20,22H,11-19H2,(H,40,46). The van der Waals surface area contributed by atoms with Crippen LogP contribution in [-0.2, 0) is 17.4 Å². The summed E-state index contributed by atoms with van der Waals surface area (Å²) in [7, 11) is 0. The number of carbonyl (C=O) groups is 2. The molecule has 0 unspecified atom stereocenters. The molecule has 9 nitrogen and oxygen atoms in total. The van der Waals surface area contributed by atoms with Gasteiger partial charge >= 0.3 is 6.18 Å². The van der Waals surface area contributed by atoms with Gasteiger partial charge in [0.25, 0.3) is 11.9 Å². The van der Waals surface area contributed by atoms with Crippen LogP contribution in [0.2, 0.25) is 0 Å². The molecule has 0 spiro atoms. The second-order valence-electron chi connectivity index (χ2n) is 11.4. The lowest BCUT2D eigenvalue weighted by Gasteiger charge is -2.35. The molecule has 246 valence electrons. The molecule has 2 amide bonds. The van der Waals surface area contributed by atoms with Crippen LogP contribution in [0.1, 0.15) is 46.1 Å². The first-order chi connectivity index (χ1) is 22.6. The first-order valence-electron chi connectivity index (χ1n) is 15.2. The van der Waals surface area contributed by atoms with Crippen LogP contribution >= 0.6 is 0 Å². The zero-order chi connectivity index (χ0) is 33.1. The Balaban J connectivity index is 1.06. The van der Waals surface area contributed by atoms with Crippen LogP contribution in [0.3, 0.4) is 0 Å². The maximum absolute atomic E-state index is 14.0. The minimum atomic E-state index is -4.91. The van der Waals surface area contributed by atoms with E-state index < -0.39 is 41.1 Å². The van der Waals surface area contributed by atoms with Crippen LogP contribution in [0.4, 0.5) is 39.5 Å². The number of nitrogens with zero attached hydrogens (tertiary/aromatic N) is 5. The highest BCUT2D eigenvalue weighted by molar-refractivity contribution is 6.03. The molecule has 47 heavy (non-hydrogen) atoms. The van der Waals surface area contributed by atoms with Gasteiger partial charge in [-0.05, 0) is 48.6 Å². The van der Waals surface area contributed by atoms with Crippen molar-refractivity contribution < 1.29 is 36.0 Å². The van der Waals surface area contributed by atoms with Gasteiger partial charge < -0.3 is 24.4 Å². The molecule has 2 saturated heterocycles. The Morgan fingerprint density at radius 1 is 0.851 bits per heavy atom. The van der Waals surface area contributed by atoms with Crippen LogP contribution in [0.5, 0.6) is 0 Å². The van der Waals surface area contributed by atoms with Crippen molar-refractivity contribution in [2.75, 3.05) is 54.4 Å². The van der Waals surface area contributed by atoms with Gasteiger partial charge in [0.15, 0.2) is 5.69 Å². The van der Waals surface area contributed by atoms with E-state index in [4.69, 9.17) is 4.42 Å². The molecule has 6 rings (SSSR count). The highest BCUT2D eigenvalue weighted by Gasteiger charge is 2.42. The molecule has 4 heterocycles. The molecule has 2 aliphatic heterocycles. The maximum Gasteiger partial charge on any atom is 0.437 e. The SMILES string of the molecule is O=C(Nc1ccc(N2CCN(C(=O)Cc3c(F)cccc3F)CC2)nc1)c1oc(N2CCC(c3ccccc3)CC2)nc1C(F)(F)F. The molecule has 14 heteroatoms. The van der Waals surface area contributed by atoms with E-state index in [1.807, 2.05) is 35.2 Å². The molecule has 2 aliphatic rings.